The van der Waals surface area contributed by atoms with Crippen molar-refractivity contribution < 1.29 is 13.9 Å². The number of anilines is 4. The average molecular weight is 486 g/mol. The first-order chi connectivity index (χ1) is 14.9. The number of hydrogen-bond donors (Lipinski definition) is 3. The Labute approximate surface area is 187 Å². The molecule has 0 fully saturated rings. The summed E-state index contributed by atoms with van der Waals surface area (Å²) < 4.78 is 20.2. The normalized spacial score (nSPS) is 12.4. The monoisotopic (exact) mass is 485 g/mol. The molecule has 1 aliphatic rings. The smallest absolute Gasteiger partial charge is 0.323 e. The minimum Gasteiger partial charge on any atom is -0.495 e. The fourth-order valence-corrected chi connectivity index (χ4v) is 4.02. The summed E-state index contributed by atoms with van der Waals surface area (Å²) in [4.78, 5) is 18.5. The minimum atomic E-state index is -0.390. The Balaban J connectivity index is 1.51. The van der Waals surface area contributed by atoms with E-state index in [1.54, 1.807) is 25.3 Å². The molecule has 1 aromatic heterocycles. The summed E-state index contributed by atoms with van der Waals surface area (Å²) >= 11 is 3.39. The molecule has 9 heteroatoms. The second kappa shape index (κ2) is 8.81. The number of benzene rings is 2. The van der Waals surface area contributed by atoms with E-state index in [1.807, 2.05) is 24.3 Å². The third-order valence-electron chi connectivity index (χ3n) is 5.10. The highest BCUT2D eigenvalue weighted by Crippen LogP contribution is 2.35. The molecule has 0 aliphatic carbocycles. The quantitative estimate of drug-likeness (QED) is 0.483. The van der Waals surface area contributed by atoms with Crippen LogP contribution in [0.1, 0.15) is 11.1 Å². The van der Waals surface area contributed by atoms with Gasteiger partial charge in [-0.3, -0.25) is 0 Å². The highest BCUT2D eigenvalue weighted by atomic mass is 79.9. The van der Waals surface area contributed by atoms with Gasteiger partial charge in [-0.1, -0.05) is 22.0 Å². The van der Waals surface area contributed by atoms with E-state index in [2.05, 4.69) is 36.4 Å². The van der Waals surface area contributed by atoms with Crippen molar-refractivity contribution in [1.82, 2.24) is 4.98 Å². The predicted molar refractivity (Wildman–Crippen MR) is 123 cm³/mol. The van der Waals surface area contributed by atoms with Crippen LogP contribution in [0.3, 0.4) is 0 Å². The van der Waals surface area contributed by atoms with Gasteiger partial charge in [0.15, 0.2) is 0 Å². The number of nitrogens with two attached hydrogens (primary N) is 1. The number of hydrogen-bond acceptors (Lipinski definition) is 5. The molecule has 0 atom stereocenters. The van der Waals surface area contributed by atoms with E-state index >= 15 is 0 Å². The van der Waals surface area contributed by atoms with Crippen molar-refractivity contribution in [2.45, 2.75) is 13.0 Å². The molecule has 160 valence electrons. The number of pyridine rings is 1. The van der Waals surface area contributed by atoms with Crippen molar-refractivity contribution in [3.05, 3.63) is 70.1 Å². The number of halogens is 2. The van der Waals surface area contributed by atoms with E-state index in [0.29, 0.717) is 35.8 Å². The molecule has 0 radical (unpaired) electrons. The van der Waals surface area contributed by atoms with E-state index in [9.17, 15) is 9.18 Å². The highest BCUT2D eigenvalue weighted by molar-refractivity contribution is 9.10. The molecule has 7 nitrogen and oxygen atoms in total. The molecule has 4 N–H and O–H groups in total. The van der Waals surface area contributed by atoms with Gasteiger partial charge in [-0.2, -0.15) is 0 Å². The van der Waals surface area contributed by atoms with Gasteiger partial charge in [-0.15, -0.1) is 0 Å². The zero-order chi connectivity index (χ0) is 22.0. The Morgan fingerprint density at radius 2 is 2.06 bits per heavy atom. The van der Waals surface area contributed by atoms with E-state index in [1.165, 1.54) is 0 Å². The SMILES string of the molecule is COc1ccc(Br)cc1NC(=O)Nc1cccc2c1CCN2Cc1cc(N)ncc1F. The molecule has 4 rings (SSSR count). The molecule has 0 bridgehead atoms. The number of ether oxygens (including phenoxy) is 1. The maximum Gasteiger partial charge on any atom is 0.323 e. The van der Waals surface area contributed by atoms with Gasteiger partial charge in [-0.25, -0.2) is 14.2 Å². The van der Waals surface area contributed by atoms with Gasteiger partial charge < -0.3 is 26.0 Å². The maximum atomic E-state index is 14.1. The van der Waals surface area contributed by atoms with Crippen molar-refractivity contribution >= 4 is 44.8 Å². The molecule has 0 saturated heterocycles. The van der Waals surface area contributed by atoms with Crippen molar-refractivity contribution in [3.63, 3.8) is 0 Å². The van der Waals surface area contributed by atoms with Crippen LogP contribution in [0.25, 0.3) is 0 Å². The number of amides is 2. The Morgan fingerprint density at radius 3 is 2.87 bits per heavy atom. The number of nitrogen functional groups attached to an aromatic ring is 1. The zero-order valence-corrected chi connectivity index (χ0v) is 18.4. The fourth-order valence-electron chi connectivity index (χ4n) is 3.66. The number of urea groups is 1. The number of carbonyl (C=O) groups is 1. The van der Waals surface area contributed by atoms with Crippen LogP contribution < -0.4 is 26.0 Å². The Bertz CT molecular complexity index is 1140. The largest absolute Gasteiger partial charge is 0.495 e. The molecule has 2 heterocycles. The summed E-state index contributed by atoms with van der Waals surface area (Å²) in [5, 5.41) is 5.73. The van der Waals surface area contributed by atoms with Gasteiger partial charge in [0.25, 0.3) is 0 Å². The molecule has 3 aromatic rings. The van der Waals surface area contributed by atoms with Gasteiger partial charge in [0.2, 0.25) is 0 Å². The summed E-state index contributed by atoms with van der Waals surface area (Å²) in [7, 11) is 1.55. The Hall–Kier alpha value is -3.33. The maximum absolute atomic E-state index is 14.1. The predicted octanol–water partition coefficient (Wildman–Crippen LogP) is 4.78. The molecule has 31 heavy (non-hydrogen) atoms. The van der Waals surface area contributed by atoms with Crippen LogP contribution in [0, 0.1) is 5.82 Å². The second-order valence-electron chi connectivity index (χ2n) is 7.10. The van der Waals surface area contributed by atoms with Crippen LogP contribution in [-0.2, 0) is 13.0 Å². The van der Waals surface area contributed by atoms with Crippen molar-refractivity contribution in [1.29, 1.82) is 0 Å². The molecule has 0 unspecified atom stereocenters. The third kappa shape index (κ3) is 4.56. The van der Waals surface area contributed by atoms with Crippen molar-refractivity contribution in [2.75, 3.05) is 34.9 Å². The van der Waals surface area contributed by atoms with Crippen molar-refractivity contribution in [3.8, 4) is 5.75 Å². The molecule has 0 spiro atoms. The van der Waals surface area contributed by atoms with E-state index in [4.69, 9.17) is 10.5 Å². The van der Waals surface area contributed by atoms with Gasteiger partial charge in [-0.05, 0) is 42.8 Å². The first kappa shape index (κ1) is 20.9. The first-order valence-corrected chi connectivity index (χ1v) is 10.4. The number of methoxy groups -OCH3 is 1. The highest BCUT2D eigenvalue weighted by Gasteiger charge is 2.23. The van der Waals surface area contributed by atoms with Crippen LogP contribution >= 0.6 is 15.9 Å². The summed E-state index contributed by atoms with van der Waals surface area (Å²) in [6.45, 7) is 1.08. The molecule has 1 aliphatic heterocycles. The lowest BCUT2D eigenvalue weighted by atomic mass is 10.1. The molecule has 0 saturated carbocycles. The fraction of sp³-hybridized carbons (Fsp3) is 0.182. The number of carbonyl (C=O) groups excluding carboxylic acids is 1. The molecular weight excluding hydrogens is 465 g/mol. The number of aromatic nitrogens is 1. The Morgan fingerprint density at radius 1 is 1.26 bits per heavy atom. The standard InChI is InChI=1S/C22H21BrFN5O2/c1-31-20-6-5-14(23)10-18(20)28-22(30)27-17-3-2-4-19-15(17)7-8-29(19)12-13-9-21(25)26-11-16(13)24/h2-6,9-11H,7-8,12H2,1H3,(H2,25,26)(H2,27,28,30). The minimum absolute atomic E-state index is 0.283. The summed E-state index contributed by atoms with van der Waals surface area (Å²) in [6.07, 6.45) is 1.87. The van der Waals surface area contributed by atoms with E-state index in [0.717, 1.165) is 28.3 Å². The van der Waals surface area contributed by atoms with Gasteiger partial charge in [0, 0.05) is 40.1 Å². The second-order valence-corrected chi connectivity index (χ2v) is 8.01. The summed E-state index contributed by atoms with van der Waals surface area (Å²) in [6, 6.07) is 12.2. The summed E-state index contributed by atoms with van der Waals surface area (Å²) in [5.74, 6) is 0.451. The van der Waals surface area contributed by atoms with E-state index in [-0.39, 0.29) is 17.7 Å². The number of nitrogens with one attached hydrogen (secondary N) is 2. The van der Waals surface area contributed by atoms with Crippen LogP contribution in [0.2, 0.25) is 0 Å². The lowest BCUT2D eigenvalue weighted by Crippen LogP contribution is -2.21. The Kier molecular flexibility index (Phi) is 5.94. The van der Waals surface area contributed by atoms with E-state index < -0.39 is 0 Å². The summed E-state index contributed by atoms with van der Waals surface area (Å²) in [5.41, 5.74) is 9.40. The average Bonchev–Trinajstić information content (AvgIpc) is 3.15. The lowest BCUT2D eigenvalue weighted by molar-refractivity contribution is 0.262. The van der Waals surface area contributed by atoms with Crippen LogP contribution in [0.4, 0.5) is 32.1 Å². The first-order valence-electron chi connectivity index (χ1n) is 9.63. The number of nitrogens with zero attached hydrogens (tertiary/aromatic N) is 2. The van der Waals surface area contributed by atoms with Crippen LogP contribution in [0.15, 0.2) is 53.1 Å². The van der Waals surface area contributed by atoms with Crippen LogP contribution in [0.5, 0.6) is 5.75 Å². The van der Waals surface area contributed by atoms with Crippen molar-refractivity contribution in [2.24, 2.45) is 0 Å². The van der Waals surface area contributed by atoms with Gasteiger partial charge in [0.05, 0.1) is 19.0 Å². The lowest BCUT2D eigenvalue weighted by Gasteiger charge is -2.20. The zero-order valence-electron chi connectivity index (χ0n) is 16.8. The van der Waals surface area contributed by atoms with Gasteiger partial charge >= 0.3 is 6.03 Å². The van der Waals surface area contributed by atoms with Gasteiger partial charge in [0.1, 0.15) is 17.4 Å². The molecule has 2 amide bonds. The number of rotatable bonds is 5. The topological polar surface area (TPSA) is 92.5 Å². The third-order valence-corrected chi connectivity index (χ3v) is 5.59. The molecule has 2 aromatic carbocycles. The number of fused-ring (bicyclic) bond motifs is 1. The molecular formula is C22H21BrFN5O2. The van der Waals surface area contributed by atoms with Crippen LogP contribution in [-0.4, -0.2) is 24.7 Å².